The molecule has 0 unspecified atom stereocenters. The normalized spacial score (nSPS) is 22.1. The van der Waals surface area contributed by atoms with Gasteiger partial charge in [0.1, 0.15) is 0 Å². The lowest BCUT2D eigenvalue weighted by molar-refractivity contribution is 0.282. The van der Waals surface area contributed by atoms with Crippen molar-refractivity contribution in [3.05, 3.63) is 41.0 Å². The molecule has 1 aromatic rings. The number of hydrogen-bond acceptors (Lipinski definition) is 3. The van der Waals surface area contributed by atoms with Crippen molar-refractivity contribution < 1.29 is 10.3 Å². The second kappa shape index (κ2) is 5.80. The minimum absolute atomic E-state index is 0.0652. The molecule has 1 saturated carbocycles. The molecule has 2 N–H and O–H groups in total. The summed E-state index contributed by atoms with van der Waals surface area (Å²) in [6.45, 7) is 0.0652. The molecule has 3 rings (SSSR count). The summed E-state index contributed by atoms with van der Waals surface area (Å²) < 4.78 is 0. The van der Waals surface area contributed by atoms with Gasteiger partial charge in [-0.25, -0.2) is 0 Å². The van der Waals surface area contributed by atoms with Crippen molar-refractivity contribution >= 4 is 11.3 Å². The Morgan fingerprint density at radius 3 is 2.35 bits per heavy atom. The van der Waals surface area contributed by atoms with Gasteiger partial charge in [-0.05, 0) is 42.7 Å². The lowest BCUT2D eigenvalue weighted by Gasteiger charge is -2.14. The number of oxime groups is 1. The molecular weight excluding hydrogens is 250 g/mol. The predicted molar refractivity (Wildman–Crippen MR) is 79.7 cm³/mol. The van der Waals surface area contributed by atoms with E-state index < -0.39 is 0 Å². The van der Waals surface area contributed by atoms with E-state index in [2.05, 4.69) is 5.16 Å². The largest absolute Gasteiger partial charge is 0.411 e. The number of benzene rings is 1. The second-order valence-electron chi connectivity index (χ2n) is 5.78. The van der Waals surface area contributed by atoms with Crippen LogP contribution in [0.25, 0.3) is 5.57 Å². The van der Waals surface area contributed by atoms with Crippen molar-refractivity contribution in [2.24, 2.45) is 11.1 Å². The number of aliphatic hydroxyl groups excluding tert-OH is 1. The second-order valence-corrected chi connectivity index (χ2v) is 5.78. The van der Waals surface area contributed by atoms with E-state index in [9.17, 15) is 5.21 Å². The Morgan fingerprint density at radius 2 is 1.75 bits per heavy atom. The van der Waals surface area contributed by atoms with E-state index in [1.165, 1.54) is 31.3 Å². The van der Waals surface area contributed by atoms with Crippen LogP contribution in [0, 0.1) is 5.92 Å². The van der Waals surface area contributed by atoms with Gasteiger partial charge in [-0.3, -0.25) is 0 Å². The van der Waals surface area contributed by atoms with Gasteiger partial charge in [0.2, 0.25) is 0 Å². The molecule has 0 aromatic heterocycles. The summed E-state index contributed by atoms with van der Waals surface area (Å²) in [6, 6.07) is 7.96. The van der Waals surface area contributed by atoms with Crippen molar-refractivity contribution in [2.45, 2.75) is 45.1 Å². The molecule has 2 aliphatic rings. The topological polar surface area (TPSA) is 52.8 Å². The van der Waals surface area contributed by atoms with Crippen molar-refractivity contribution in [3.63, 3.8) is 0 Å². The molecule has 106 valence electrons. The SMILES string of the molecule is OCc1ccc(C2=C(C3CCCC3)CC/C2=N/O)cc1. The molecule has 0 amide bonds. The third-order valence-electron chi connectivity index (χ3n) is 4.63. The van der Waals surface area contributed by atoms with Gasteiger partial charge in [0, 0.05) is 5.57 Å². The predicted octanol–water partition coefficient (Wildman–Crippen LogP) is 3.75. The van der Waals surface area contributed by atoms with Crippen LogP contribution >= 0.6 is 0 Å². The molecule has 0 heterocycles. The minimum atomic E-state index is 0.0652. The molecule has 3 nitrogen and oxygen atoms in total. The molecule has 0 aliphatic heterocycles. The van der Waals surface area contributed by atoms with Crippen molar-refractivity contribution in [2.75, 3.05) is 0 Å². The Hall–Kier alpha value is -1.61. The monoisotopic (exact) mass is 271 g/mol. The van der Waals surface area contributed by atoms with E-state index in [0.29, 0.717) is 5.92 Å². The Balaban J connectivity index is 2.01. The van der Waals surface area contributed by atoms with Gasteiger partial charge in [0.05, 0.1) is 12.3 Å². The molecule has 0 atom stereocenters. The Labute approximate surface area is 119 Å². The van der Waals surface area contributed by atoms with E-state index >= 15 is 0 Å². The molecule has 2 aliphatic carbocycles. The first-order valence-electron chi connectivity index (χ1n) is 7.48. The zero-order valence-electron chi connectivity index (χ0n) is 11.7. The molecule has 1 aromatic carbocycles. The third-order valence-corrected chi connectivity index (χ3v) is 4.63. The summed E-state index contributed by atoms with van der Waals surface area (Å²) >= 11 is 0. The quantitative estimate of drug-likeness (QED) is 0.650. The maximum absolute atomic E-state index is 9.27. The average molecular weight is 271 g/mol. The maximum atomic E-state index is 9.27. The third kappa shape index (κ3) is 2.38. The molecule has 3 heteroatoms. The Morgan fingerprint density at radius 1 is 1.05 bits per heavy atom. The van der Waals surface area contributed by atoms with Crippen LogP contribution in [0.5, 0.6) is 0 Å². The summed E-state index contributed by atoms with van der Waals surface area (Å²) in [5, 5.41) is 21.9. The summed E-state index contributed by atoms with van der Waals surface area (Å²) in [7, 11) is 0. The van der Waals surface area contributed by atoms with E-state index in [1.807, 2.05) is 24.3 Å². The van der Waals surface area contributed by atoms with Gasteiger partial charge >= 0.3 is 0 Å². The Bertz CT molecular complexity index is 537. The smallest absolute Gasteiger partial charge is 0.0876 e. The Kier molecular flexibility index (Phi) is 3.88. The van der Waals surface area contributed by atoms with E-state index in [1.54, 1.807) is 0 Å². The molecule has 0 bridgehead atoms. The highest BCUT2D eigenvalue weighted by Gasteiger charge is 2.29. The van der Waals surface area contributed by atoms with Gasteiger partial charge in [-0.2, -0.15) is 0 Å². The van der Waals surface area contributed by atoms with Crippen LogP contribution in [0.4, 0.5) is 0 Å². The highest BCUT2D eigenvalue weighted by molar-refractivity contribution is 6.26. The fourth-order valence-corrected chi connectivity index (χ4v) is 3.60. The van der Waals surface area contributed by atoms with Gasteiger partial charge in [0.25, 0.3) is 0 Å². The lowest BCUT2D eigenvalue weighted by Crippen LogP contribution is -2.02. The average Bonchev–Trinajstić information content (AvgIpc) is 3.15. The van der Waals surface area contributed by atoms with Crippen LogP contribution in [0.2, 0.25) is 0 Å². The standard InChI is InChI=1S/C17H21NO2/c19-11-12-5-7-14(8-6-12)17-15(9-10-16(17)18-20)13-3-1-2-4-13/h5-8,13,19-20H,1-4,9-11H2/b18-16-. The number of aliphatic hydroxyl groups is 1. The minimum Gasteiger partial charge on any atom is -0.411 e. The van der Waals surface area contributed by atoms with Crippen LogP contribution in [0.1, 0.15) is 49.7 Å². The van der Waals surface area contributed by atoms with Gasteiger partial charge < -0.3 is 10.3 Å². The molecule has 0 saturated heterocycles. The summed E-state index contributed by atoms with van der Waals surface area (Å²) in [5.41, 5.74) is 5.49. The fraction of sp³-hybridized carbons (Fsp3) is 0.471. The maximum Gasteiger partial charge on any atom is 0.0876 e. The highest BCUT2D eigenvalue weighted by atomic mass is 16.4. The van der Waals surface area contributed by atoms with Gasteiger partial charge in [0.15, 0.2) is 0 Å². The van der Waals surface area contributed by atoms with E-state index in [4.69, 9.17) is 5.11 Å². The first-order chi connectivity index (χ1) is 9.83. The van der Waals surface area contributed by atoms with Crippen LogP contribution in [0.15, 0.2) is 35.0 Å². The summed E-state index contributed by atoms with van der Waals surface area (Å²) in [4.78, 5) is 0. The lowest BCUT2D eigenvalue weighted by atomic mass is 9.91. The van der Waals surface area contributed by atoms with Gasteiger partial charge in [-0.15, -0.1) is 0 Å². The van der Waals surface area contributed by atoms with Crippen molar-refractivity contribution in [3.8, 4) is 0 Å². The van der Waals surface area contributed by atoms with Crippen molar-refractivity contribution in [1.82, 2.24) is 0 Å². The van der Waals surface area contributed by atoms with Crippen molar-refractivity contribution in [1.29, 1.82) is 0 Å². The number of allylic oxidation sites excluding steroid dienone is 2. The first kappa shape index (κ1) is 13.4. The number of hydrogen-bond donors (Lipinski definition) is 2. The molecule has 20 heavy (non-hydrogen) atoms. The van der Waals surface area contributed by atoms with E-state index in [-0.39, 0.29) is 6.61 Å². The molecule has 0 radical (unpaired) electrons. The van der Waals surface area contributed by atoms with Crippen LogP contribution in [-0.2, 0) is 6.61 Å². The van der Waals surface area contributed by atoms with Crippen LogP contribution in [-0.4, -0.2) is 16.0 Å². The zero-order chi connectivity index (χ0) is 13.9. The summed E-state index contributed by atoms with van der Waals surface area (Å²) in [5.74, 6) is 0.668. The molecule has 1 fully saturated rings. The van der Waals surface area contributed by atoms with E-state index in [0.717, 1.165) is 35.3 Å². The van der Waals surface area contributed by atoms with Gasteiger partial charge in [-0.1, -0.05) is 47.8 Å². The molecule has 0 spiro atoms. The molecular formula is C17H21NO2. The highest BCUT2D eigenvalue weighted by Crippen LogP contribution is 2.42. The zero-order valence-corrected chi connectivity index (χ0v) is 11.7. The van der Waals surface area contributed by atoms with Crippen LogP contribution < -0.4 is 0 Å². The fourth-order valence-electron chi connectivity index (χ4n) is 3.60. The summed E-state index contributed by atoms with van der Waals surface area (Å²) in [6.07, 6.45) is 7.05. The number of rotatable bonds is 3. The first-order valence-corrected chi connectivity index (χ1v) is 7.48. The van der Waals surface area contributed by atoms with Crippen LogP contribution in [0.3, 0.4) is 0 Å². The number of nitrogens with zero attached hydrogens (tertiary/aromatic N) is 1.